The first-order valence-corrected chi connectivity index (χ1v) is 15.9. The Morgan fingerprint density at radius 1 is 0.800 bits per heavy atom. The van der Waals surface area contributed by atoms with Gasteiger partial charge < -0.3 is 5.32 Å². The third-order valence-corrected chi connectivity index (χ3v) is 10.2. The first-order chi connectivity index (χ1) is 22.0. The van der Waals surface area contributed by atoms with Crippen molar-refractivity contribution in [2.24, 2.45) is 16.9 Å². The third kappa shape index (κ3) is 4.15. The zero-order valence-corrected chi connectivity index (χ0v) is 26.1. The third-order valence-electron chi connectivity index (χ3n) is 9.45. The van der Waals surface area contributed by atoms with Crippen molar-refractivity contribution < 1.29 is 14.4 Å². The van der Waals surface area contributed by atoms with Gasteiger partial charge in [-0.25, -0.2) is 10.3 Å². The molecule has 0 saturated carbocycles. The van der Waals surface area contributed by atoms with Crippen molar-refractivity contribution in [3.05, 3.63) is 141 Å². The fourth-order valence-electron chi connectivity index (χ4n) is 7.69. The number of rotatable bonds is 6. The molecule has 8 heteroatoms. The fraction of sp³-hybridized carbons (Fsp3) is 0.135. The molecule has 1 aliphatic heterocycles. The zero-order valence-electron chi connectivity index (χ0n) is 24.0. The number of hydrazone groups is 1. The van der Waals surface area contributed by atoms with Gasteiger partial charge in [0.2, 0.25) is 11.8 Å². The fourth-order valence-corrected chi connectivity index (χ4v) is 8.05. The molecule has 2 bridgehead atoms. The summed E-state index contributed by atoms with van der Waals surface area (Å²) in [7, 11) is 0. The van der Waals surface area contributed by atoms with Crippen molar-refractivity contribution in [2.45, 2.75) is 11.3 Å². The summed E-state index contributed by atoms with van der Waals surface area (Å²) in [6.45, 7) is 0.0263. The molecule has 5 aromatic rings. The number of fused-ring (bicyclic) bond motifs is 1. The van der Waals surface area contributed by atoms with Crippen LogP contribution in [-0.4, -0.2) is 30.5 Å². The van der Waals surface area contributed by atoms with Gasteiger partial charge in [0.1, 0.15) is 0 Å². The standard InChI is InChI=1S/C37H27IN4O3/c38-23-16-18-24(19-17-23)39-20-31(43)41-40-21-37-28-13-5-3-11-26(28)32(27-12-4-6-14-29(27)37)33-34(37)36(45)42(35(33)44)30-15-7-9-22-8-1-2-10-25(22)30/h1-19,21,32-34,39H,20H2,(H,41,43)/b40-21-/t32?,33-,34+,37?/m0/s1. The maximum Gasteiger partial charge on any atom is 0.259 e. The quantitative estimate of drug-likeness (QED) is 0.0954. The van der Waals surface area contributed by atoms with E-state index in [9.17, 15) is 14.4 Å². The molecule has 0 aromatic heterocycles. The lowest BCUT2D eigenvalue weighted by molar-refractivity contribution is -0.122. The Hall–Kier alpha value is -4.83. The summed E-state index contributed by atoms with van der Waals surface area (Å²) in [6.07, 6.45) is 1.69. The van der Waals surface area contributed by atoms with Gasteiger partial charge in [0.25, 0.3) is 5.91 Å². The van der Waals surface area contributed by atoms with Gasteiger partial charge >= 0.3 is 0 Å². The van der Waals surface area contributed by atoms with Crippen molar-refractivity contribution >= 4 is 68.7 Å². The first kappa shape index (κ1) is 27.7. The van der Waals surface area contributed by atoms with E-state index in [1.807, 2.05) is 103 Å². The van der Waals surface area contributed by atoms with Gasteiger partial charge in [-0.2, -0.15) is 5.10 Å². The topological polar surface area (TPSA) is 90.9 Å². The molecular formula is C37H27IN4O3. The molecule has 5 aromatic carbocycles. The summed E-state index contributed by atoms with van der Waals surface area (Å²) < 4.78 is 1.10. The molecule has 0 spiro atoms. The van der Waals surface area contributed by atoms with Crippen LogP contribution in [0, 0.1) is 15.4 Å². The van der Waals surface area contributed by atoms with E-state index in [0.717, 1.165) is 42.3 Å². The van der Waals surface area contributed by atoms with Crippen LogP contribution in [0.5, 0.6) is 0 Å². The Kier molecular flexibility index (Phi) is 6.56. The first-order valence-electron chi connectivity index (χ1n) is 14.9. The average molecular weight is 703 g/mol. The van der Waals surface area contributed by atoms with E-state index in [1.165, 1.54) is 4.90 Å². The Balaban J connectivity index is 1.22. The van der Waals surface area contributed by atoms with Crippen LogP contribution < -0.4 is 15.6 Å². The lowest BCUT2D eigenvalue weighted by atomic mass is 9.47. The number of benzene rings is 5. The van der Waals surface area contributed by atoms with E-state index in [2.05, 4.69) is 50.6 Å². The van der Waals surface area contributed by atoms with E-state index < -0.39 is 17.3 Å². The lowest BCUT2D eigenvalue weighted by Gasteiger charge is -2.52. The van der Waals surface area contributed by atoms with Gasteiger partial charge in [-0.3, -0.25) is 14.4 Å². The van der Waals surface area contributed by atoms with Gasteiger partial charge in [0.15, 0.2) is 0 Å². The van der Waals surface area contributed by atoms with Crippen molar-refractivity contribution in [1.82, 2.24) is 5.43 Å². The molecule has 7 nitrogen and oxygen atoms in total. The van der Waals surface area contributed by atoms with Gasteiger partial charge in [0.05, 0.1) is 29.5 Å². The molecule has 3 amide bonds. The van der Waals surface area contributed by atoms with Crippen molar-refractivity contribution in [1.29, 1.82) is 0 Å². The van der Waals surface area contributed by atoms with Crippen LogP contribution in [0.2, 0.25) is 0 Å². The number of hydrogen-bond acceptors (Lipinski definition) is 5. The highest BCUT2D eigenvalue weighted by Crippen LogP contribution is 2.63. The predicted molar refractivity (Wildman–Crippen MR) is 183 cm³/mol. The highest BCUT2D eigenvalue weighted by Gasteiger charge is 2.68. The molecule has 0 unspecified atom stereocenters. The van der Waals surface area contributed by atoms with Crippen LogP contribution in [0.15, 0.2) is 120 Å². The van der Waals surface area contributed by atoms with Crippen LogP contribution in [0.4, 0.5) is 11.4 Å². The normalized spacial score (nSPS) is 22.8. The molecule has 220 valence electrons. The lowest BCUT2D eigenvalue weighted by Crippen LogP contribution is -2.54. The number of nitrogens with one attached hydrogen (secondary N) is 2. The molecule has 3 aliphatic carbocycles. The molecule has 1 saturated heterocycles. The SMILES string of the molecule is O=C(CNc1ccc(I)cc1)N/N=C\C12c3ccccc3C(c3ccccc31)[C@@H]1C(=O)N(c3cccc4ccccc34)C(=O)[C@@H]12. The molecule has 4 aliphatic rings. The van der Waals surface area contributed by atoms with Gasteiger partial charge in [-0.15, -0.1) is 0 Å². The average Bonchev–Trinajstić information content (AvgIpc) is 3.34. The van der Waals surface area contributed by atoms with Gasteiger partial charge in [0, 0.05) is 26.8 Å². The minimum atomic E-state index is -1.06. The summed E-state index contributed by atoms with van der Waals surface area (Å²) in [5.74, 6) is -2.42. The molecule has 2 atom stereocenters. The number of carbonyl (C=O) groups excluding carboxylic acids is 3. The van der Waals surface area contributed by atoms with Crippen molar-refractivity contribution in [2.75, 3.05) is 16.8 Å². The van der Waals surface area contributed by atoms with E-state index in [0.29, 0.717) is 5.69 Å². The van der Waals surface area contributed by atoms with Crippen LogP contribution in [0.3, 0.4) is 0 Å². The largest absolute Gasteiger partial charge is 0.376 e. The number of halogens is 1. The summed E-state index contributed by atoms with van der Waals surface area (Å²) in [6, 6.07) is 37.3. The van der Waals surface area contributed by atoms with E-state index in [1.54, 1.807) is 6.21 Å². The molecule has 1 heterocycles. The Labute approximate surface area is 273 Å². The van der Waals surface area contributed by atoms with E-state index in [4.69, 9.17) is 0 Å². The van der Waals surface area contributed by atoms with E-state index in [-0.39, 0.29) is 30.2 Å². The number of anilines is 2. The number of carbonyl (C=O) groups is 3. The molecule has 45 heavy (non-hydrogen) atoms. The summed E-state index contributed by atoms with van der Waals surface area (Å²) >= 11 is 2.23. The smallest absolute Gasteiger partial charge is 0.259 e. The van der Waals surface area contributed by atoms with Crippen LogP contribution in [0.25, 0.3) is 10.8 Å². The molecule has 2 N–H and O–H groups in total. The number of nitrogens with zero attached hydrogens (tertiary/aromatic N) is 2. The summed E-state index contributed by atoms with van der Waals surface area (Å²) in [5, 5.41) is 9.43. The Bertz CT molecular complexity index is 2000. The minimum absolute atomic E-state index is 0.0263. The maximum atomic E-state index is 14.7. The highest BCUT2D eigenvalue weighted by atomic mass is 127. The minimum Gasteiger partial charge on any atom is -0.376 e. The monoisotopic (exact) mass is 702 g/mol. The highest BCUT2D eigenvalue weighted by molar-refractivity contribution is 14.1. The molecule has 1 fully saturated rings. The van der Waals surface area contributed by atoms with Gasteiger partial charge in [-0.1, -0.05) is 84.9 Å². The van der Waals surface area contributed by atoms with E-state index >= 15 is 0 Å². The second kappa shape index (κ2) is 10.7. The van der Waals surface area contributed by atoms with Crippen molar-refractivity contribution in [3.63, 3.8) is 0 Å². The zero-order chi connectivity index (χ0) is 30.7. The molecule has 0 radical (unpaired) electrons. The maximum absolute atomic E-state index is 14.7. The summed E-state index contributed by atoms with van der Waals surface area (Å²) in [5.41, 5.74) is 6.93. The molecule has 9 rings (SSSR count). The molecular weight excluding hydrogens is 675 g/mol. The number of amides is 3. The Morgan fingerprint density at radius 3 is 2.18 bits per heavy atom. The number of hydrogen-bond donors (Lipinski definition) is 2. The predicted octanol–water partition coefficient (Wildman–Crippen LogP) is 6.21. The van der Waals surface area contributed by atoms with Crippen LogP contribution >= 0.6 is 22.6 Å². The van der Waals surface area contributed by atoms with Crippen LogP contribution in [0.1, 0.15) is 28.2 Å². The van der Waals surface area contributed by atoms with Gasteiger partial charge in [-0.05, 0) is 80.6 Å². The Morgan fingerprint density at radius 2 is 1.44 bits per heavy atom. The second-order valence-corrected chi connectivity index (χ2v) is 12.9. The van der Waals surface area contributed by atoms with Crippen LogP contribution in [-0.2, 0) is 19.8 Å². The second-order valence-electron chi connectivity index (χ2n) is 11.7. The number of imide groups is 1. The summed E-state index contributed by atoms with van der Waals surface area (Å²) in [4.78, 5) is 43.6. The van der Waals surface area contributed by atoms with Crippen molar-refractivity contribution in [3.8, 4) is 0 Å².